The van der Waals surface area contributed by atoms with E-state index in [2.05, 4.69) is 542 Å². The summed E-state index contributed by atoms with van der Waals surface area (Å²) in [6.45, 7) is 0. The highest BCUT2D eigenvalue weighted by molar-refractivity contribution is 6.01. The molecule has 0 bridgehead atoms. The smallest absolute Gasteiger partial charge is 0.0725 e. The molecule has 132 heavy (non-hydrogen) atoms. The fraction of sp³-hybridized carbons (Fsp3) is 0.0233. The number of rotatable bonds is 12. The second kappa shape index (κ2) is 31.8. The van der Waals surface area contributed by atoms with Crippen LogP contribution in [0.4, 0.5) is 51.2 Å². The van der Waals surface area contributed by atoms with Gasteiger partial charge in [0.1, 0.15) is 0 Å². The van der Waals surface area contributed by atoms with Gasteiger partial charge in [-0.3, -0.25) is 0 Å². The highest BCUT2D eigenvalue weighted by atomic mass is 15.2. The molecule has 0 atom stereocenters. The van der Waals surface area contributed by atoms with Crippen molar-refractivity contribution in [2.45, 2.75) is 16.2 Å². The molecule has 0 aromatic heterocycles. The first kappa shape index (κ1) is 77.4. The minimum absolute atomic E-state index is 0.304. The number of para-hydroxylation sites is 3. The first-order valence-electron chi connectivity index (χ1n) is 45.9. The SMILES string of the molecule is c1ccc(-c2ccc(N(c3ccc(-c4ccccc4)cc3)c3ccc4c(c3)-c3ccccc3C43c4ccccc4-c4ccccc43)cc2)cc1.c1ccc(-c2ccc(N(c3ccccc3)c3ccc4c(c3)-c3ccccc3C43c4ccccc4-c4ccccc43)cc2)cc1.c1ccc(N(c2ccccc2)c2ccc3c(c2)-c2ccccc2C32c3ccccc3-c3ccccc32)cc1. The third-order valence-electron chi connectivity index (χ3n) is 28.5. The van der Waals surface area contributed by atoms with Gasteiger partial charge in [-0.05, 0) is 276 Å². The van der Waals surface area contributed by atoms with E-state index in [4.69, 9.17) is 0 Å². The number of benzene rings is 21. The Morgan fingerprint density at radius 3 is 0.432 bits per heavy atom. The lowest BCUT2D eigenvalue weighted by Gasteiger charge is -2.31. The van der Waals surface area contributed by atoms with E-state index < -0.39 is 0 Å². The Balaban J connectivity index is 0.000000107. The molecule has 6 aliphatic carbocycles. The zero-order chi connectivity index (χ0) is 87.3. The Labute approximate surface area is 771 Å². The summed E-state index contributed by atoms with van der Waals surface area (Å²) < 4.78 is 0. The van der Waals surface area contributed by atoms with Gasteiger partial charge < -0.3 is 14.7 Å². The maximum absolute atomic E-state index is 2.42. The maximum Gasteiger partial charge on any atom is 0.0725 e. The molecule has 0 unspecified atom stereocenters. The Bertz CT molecular complexity index is 7730. The minimum atomic E-state index is -0.350. The molecule has 3 nitrogen and oxygen atoms in total. The summed E-state index contributed by atoms with van der Waals surface area (Å²) in [5.41, 5.74) is 48.8. The molecule has 21 aromatic rings. The van der Waals surface area contributed by atoms with Crippen molar-refractivity contribution in [3.63, 3.8) is 0 Å². The van der Waals surface area contributed by atoms with Crippen molar-refractivity contribution in [1.29, 1.82) is 0 Å². The summed E-state index contributed by atoms with van der Waals surface area (Å²) in [6.07, 6.45) is 0. The van der Waals surface area contributed by atoms with E-state index in [0.717, 1.165) is 51.2 Å². The number of anilines is 9. The predicted octanol–water partition coefficient (Wildman–Crippen LogP) is 33.5. The standard InChI is InChI=1S/C49H33N.C43H29N.C37H25N/c1-3-13-34(14-4-1)36-23-27-38(28-24-36)50(39-29-25-37(26-30-39)35-15-5-2-6-16-35)40-31-32-48-44(33-40)43-19-9-12-22-47(43)49(48)45-20-10-7-17-41(45)42-18-8-11-21-46(42)49;1-3-13-30(14-4-1)31-23-25-33(26-24-31)44(32-15-5-2-6-16-32)34-27-28-42-38(29-34)37-19-9-12-22-41(37)43(42)39-20-10-7-17-35(39)36-18-8-11-21-40(36)43;1-3-13-26(14-4-1)38(27-15-5-2-6-16-27)28-23-24-36-32(25-28)31-19-9-12-22-35(31)37(36)33-20-10-7-17-29(33)30-18-8-11-21-34(30)37/h1-33H;1-29H;1-25H. The zero-order valence-electron chi connectivity index (χ0n) is 72.6. The quantitative estimate of drug-likeness (QED) is 0.121. The van der Waals surface area contributed by atoms with Crippen LogP contribution in [0.15, 0.2) is 528 Å². The molecule has 0 radical (unpaired) electrons. The molecular formula is C129H87N3. The topological polar surface area (TPSA) is 9.72 Å². The molecule has 0 fully saturated rings. The van der Waals surface area contributed by atoms with Gasteiger partial charge in [0.05, 0.1) is 16.2 Å². The molecule has 3 heteroatoms. The summed E-state index contributed by atoms with van der Waals surface area (Å²) in [4.78, 5) is 7.12. The highest BCUT2D eigenvalue weighted by Crippen LogP contribution is 2.67. The third kappa shape index (κ3) is 12.1. The minimum Gasteiger partial charge on any atom is -0.310 e. The number of hydrogen-bond acceptors (Lipinski definition) is 3. The lowest BCUT2D eigenvalue weighted by molar-refractivity contribution is 0.794. The first-order chi connectivity index (χ1) is 65.5. The van der Waals surface area contributed by atoms with E-state index >= 15 is 0 Å². The van der Waals surface area contributed by atoms with Crippen LogP contribution >= 0.6 is 0 Å². The van der Waals surface area contributed by atoms with Gasteiger partial charge in [0.25, 0.3) is 0 Å². The van der Waals surface area contributed by atoms with Gasteiger partial charge in [-0.25, -0.2) is 0 Å². The van der Waals surface area contributed by atoms with Crippen molar-refractivity contribution in [2.75, 3.05) is 14.7 Å². The first-order valence-corrected chi connectivity index (χ1v) is 45.9. The van der Waals surface area contributed by atoms with E-state index in [1.165, 1.54) is 167 Å². The monoisotopic (exact) mass is 1680 g/mol. The molecule has 21 aromatic carbocycles. The Morgan fingerprint density at radius 1 is 0.0985 bits per heavy atom. The summed E-state index contributed by atoms with van der Waals surface area (Å²) >= 11 is 0. The predicted molar refractivity (Wildman–Crippen MR) is 549 cm³/mol. The molecule has 0 saturated carbocycles. The van der Waals surface area contributed by atoms with Crippen molar-refractivity contribution in [3.8, 4) is 100 Å². The van der Waals surface area contributed by atoms with Crippen molar-refractivity contribution in [3.05, 3.63) is 595 Å². The average molecular weight is 1680 g/mol. The van der Waals surface area contributed by atoms with Crippen LogP contribution in [0.25, 0.3) is 100 Å². The van der Waals surface area contributed by atoms with Crippen LogP contribution in [0.1, 0.15) is 66.8 Å². The number of fused-ring (bicyclic) bond motifs is 30. The zero-order valence-corrected chi connectivity index (χ0v) is 72.6. The van der Waals surface area contributed by atoms with E-state index in [1.807, 2.05) is 0 Å². The van der Waals surface area contributed by atoms with E-state index in [-0.39, 0.29) is 16.2 Å². The van der Waals surface area contributed by atoms with Crippen molar-refractivity contribution in [1.82, 2.24) is 0 Å². The molecule has 618 valence electrons. The third-order valence-corrected chi connectivity index (χ3v) is 28.5. The van der Waals surface area contributed by atoms with Crippen LogP contribution in [0.3, 0.4) is 0 Å². The fourth-order valence-corrected chi connectivity index (χ4v) is 23.1. The van der Waals surface area contributed by atoms with Crippen molar-refractivity contribution >= 4 is 51.2 Å². The van der Waals surface area contributed by atoms with Crippen molar-refractivity contribution < 1.29 is 0 Å². The number of nitrogens with zero attached hydrogens (tertiary/aromatic N) is 3. The van der Waals surface area contributed by atoms with Crippen LogP contribution in [-0.2, 0) is 16.2 Å². The summed E-state index contributed by atoms with van der Waals surface area (Å²) in [7, 11) is 0. The summed E-state index contributed by atoms with van der Waals surface area (Å²) in [6, 6.07) is 193. The van der Waals surface area contributed by atoms with Crippen LogP contribution in [0.2, 0.25) is 0 Å². The second-order valence-corrected chi connectivity index (χ2v) is 35.1. The molecular weight excluding hydrogens is 1590 g/mol. The van der Waals surface area contributed by atoms with Gasteiger partial charge in [0.2, 0.25) is 0 Å². The molecule has 0 N–H and O–H groups in total. The van der Waals surface area contributed by atoms with E-state index in [1.54, 1.807) is 0 Å². The normalized spacial score (nSPS) is 13.2. The molecule has 3 spiro atoms. The summed E-state index contributed by atoms with van der Waals surface area (Å²) in [5, 5.41) is 0. The Kier molecular flexibility index (Phi) is 18.6. The molecule has 0 saturated heterocycles. The molecule has 6 aliphatic rings. The van der Waals surface area contributed by atoms with Gasteiger partial charge in [-0.15, -0.1) is 0 Å². The van der Waals surface area contributed by atoms with Crippen LogP contribution in [0.5, 0.6) is 0 Å². The largest absolute Gasteiger partial charge is 0.310 e. The van der Waals surface area contributed by atoms with Crippen molar-refractivity contribution in [2.24, 2.45) is 0 Å². The molecule has 27 rings (SSSR count). The molecule has 0 heterocycles. The van der Waals surface area contributed by atoms with Gasteiger partial charge in [-0.1, -0.05) is 419 Å². The lowest BCUT2D eigenvalue weighted by Crippen LogP contribution is -2.25. The van der Waals surface area contributed by atoms with Crippen LogP contribution < -0.4 is 14.7 Å². The highest BCUT2D eigenvalue weighted by Gasteiger charge is 2.55. The summed E-state index contributed by atoms with van der Waals surface area (Å²) in [5.74, 6) is 0. The van der Waals surface area contributed by atoms with Gasteiger partial charge in [-0.2, -0.15) is 0 Å². The van der Waals surface area contributed by atoms with Gasteiger partial charge in [0, 0.05) is 51.2 Å². The van der Waals surface area contributed by atoms with Gasteiger partial charge in [0.15, 0.2) is 0 Å². The van der Waals surface area contributed by atoms with Gasteiger partial charge >= 0.3 is 0 Å². The second-order valence-electron chi connectivity index (χ2n) is 35.1. The van der Waals surface area contributed by atoms with Crippen LogP contribution in [0, 0.1) is 0 Å². The Morgan fingerprint density at radius 2 is 0.235 bits per heavy atom. The van der Waals surface area contributed by atoms with Crippen LogP contribution in [-0.4, -0.2) is 0 Å². The Hall–Kier alpha value is -17.0. The molecule has 0 amide bonds. The van der Waals surface area contributed by atoms with E-state index in [9.17, 15) is 0 Å². The van der Waals surface area contributed by atoms with E-state index in [0.29, 0.717) is 0 Å². The lowest BCUT2D eigenvalue weighted by atomic mass is 9.70. The molecule has 0 aliphatic heterocycles. The maximum atomic E-state index is 2.42. The fourth-order valence-electron chi connectivity index (χ4n) is 23.1. The number of hydrogen-bond donors (Lipinski definition) is 0. The average Bonchev–Trinajstić information content (AvgIpc) is 1.52.